The van der Waals surface area contributed by atoms with Gasteiger partial charge in [-0.25, -0.2) is 0 Å². The Bertz CT molecular complexity index is 430. The van der Waals surface area contributed by atoms with E-state index in [1.807, 2.05) is 24.3 Å². The number of rotatable bonds is 8. The SMILES string of the molecule is C=C(CNCCC)COc1ccccc1NC(C)=O. The normalized spacial score (nSPS) is 10.0. The van der Waals surface area contributed by atoms with Gasteiger partial charge in [-0.3, -0.25) is 4.79 Å². The summed E-state index contributed by atoms with van der Waals surface area (Å²) >= 11 is 0. The van der Waals surface area contributed by atoms with Crippen molar-refractivity contribution in [1.29, 1.82) is 0 Å². The summed E-state index contributed by atoms with van der Waals surface area (Å²) in [6, 6.07) is 7.38. The van der Waals surface area contributed by atoms with Crippen molar-refractivity contribution in [3.63, 3.8) is 0 Å². The van der Waals surface area contributed by atoms with Crippen molar-refractivity contribution in [2.45, 2.75) is 20.3 Å². The largest absolute Gasteiger partial charge is 0.487 e. The number of amides is 1. The van der Waals surface area contributed by atoms with Gasteiger partial charge in [-0.1, -0.05) is 25.6 Å². The summed E-state index contributed by atoms with van der Waals surface area (Å²) in [6.45, 7) is 9.71. The summed E-state index contributed by atoms with van der Waals surface area (Å²) < 4.78 is 5.68. The van der Waals surface area contributed by atoms with Crippen molar-refractivity contribution in [2.75, 3.05) is 25.0 Å². The van der Waals surface area contributed by atoms with Crippen molar-refractivity contribution < 1.29 is 9.53 Å². The van der Waals surface area contributed by atoms with Crippen molar-refractivity contribution in [3.05, 3.63) is 36.4 Å². The first kappa shape index (κ1) is 15.2. The second-order valence-electron chi connectivity index (χ2n) is 4.39. The standard InChI is InChI=1S/C15H22N2O2/c1-4-9-16-10-12(2)11-19-15-8-6-5-7-14(15)17-13(3)18/h5-8,16H,2,4,9-11H2,1,3H3,(H,17,18). The number of anilines is 1. The molecule has 0 aromatic heterocycles. The molecule has 1 amide bonds. The Kier molecular flexibility index (Phi) is 6.68. The van der Waals surface area contributed by atoms with Crippen LogP contribution in [0.3, 0.4) is 0 Å². The van der Waals surface area contributed by atoms with Crippen LogP contribution >= 0.6 is 0 Å². The van der Waals surface area contributed by atoms with Crippen molar-refractivity contribution in [1.82, 2.24) is 5.32 Å². The highest BCUT2D eigenvalue weighted by molar-refractivity contribution is 5.90. The van der Waals surface area contributed by atoms with Gasteiger partial charge in [-0.2, -0.15) is 0 Å². The van der Waals surface area contributed by atoms with E-state index < -0.39 is 0 Å². The van der Waals surface area contributed by atoms with Gasteiger partial charge in [0.15, 0.2) is 0 Å². The molecule has 4 heteroatoms. The molecule has 0 bridgehead atoms. The van der Waals surface area contributed by atoms with E-state index in [4.69, 9.17) is 4.74 Å². The molecular weight excluding hydrogens is 240 g/mol. The second-order valence-corrected chi connectivity index (χ2v) is 4.39. The molecule has 0 atom stereocenters. The van der Waals surface area contributed by atoms with Gasteiger partial charge in [0.25, 0.3) is 0 Å². The van der Waals surface area contributed by atoms with Crippen molar-refractivity contribution in [3.8, 4) is 5.75 Å². The van der Waals surface area contributed by atoms with Crippen LogP contribution in [0.25, 0.3) is 0 Å². The molecular formula is C15H22N2O2. The second kappa shape index (κ2) is 8.32. The van der Waals surface area contributed by atoms with Crippen LogP contribution in [0.5, 0.6) is 5.75 Å². The lowest BCUT2D eigenvalue weighted by atomic mass is 10.2. The molecule has 19 heavy (non-hydrogen) atoms. The maximum atomic E-state index is 11.1. The summed E-state index contributed by atoms with van der Waals surface area (Å²) in [5.41, 5.74) is 1.66. The number of carbonyl (C=O) groups excluding carboxylic acids is 1. The van der Waals surface area contributed by atoms with Gasteiger partial charge in [-0.15, -0.1) is 0 Å². The van der Waals surface area contributed by atoms with Crippen molar-refractivity contribution >= 4 is 11.6 Å². The smallest absolute Gasteiger partial charge is 0.221 e. The van der Waals surface area contributed by atoms with Crippen LogP contribution in [0.15, 0.2) is 36.4 Å². The molecule has 0 saturated heterocycles. The first-order chi connectivity index (χ1) is 9.13. The number of nitrogens with one attached hydrogen (secondary N) is 2. The topological polar surface area (TPSA) is 50.4 Å². The Balaban J connectivity index is 2.48. The zero-order valence-electron chi connectivity index (χ0n) is 11.7. The molecule has 4 nitrogen and oxygen atoms in total. The quantitative estimate of drug-likeness (QED) is 0.559. The molecule has 1 rings (SSSR count). The lowest BCUT2D eigenvalue weighted by molar-refractivity contribution is -0.114. The first-order valence-corrected chi connectivity index (χ1v) is 6.50. The Morgan fingerprint density at radius 3 is 2.79 bits per heavy atom. The monoisotopic (exact) mass is 262 g/mol. The predicted octanol–water partition coefficient (Wildman–Crippen LogP) is 2.58. The van der Waals surface area contributed by atoms with E-state index in [0.29, 0.717) is 18.0 Å². The van der Waals surface area contributed by atoms with Crippen LogP contribution in [0.2, 0.25) is 0 Å². The Hall–Kier alpha value is -1.81. The summed E-state index contributed by atoms with van der Waals surface area (Å²) in [5.74, 6) is 0.550. The fourth-order valence-electron chi connectivity index (χ4n) is 1.56. The van der Waals surface area contributed by atoms with Crippen LogP contribution < -0.4 is 15.4 Å². The van der Waals surface area contributed by atoms with Gasteiger partial charge in [0.2, 0.25) is 5.91 Å². The molecule has 0 heterocycles. The third-order valence-electron chi connectivity index (χ3n) is 2.43. The third-order valence-corrected chi connectivity index (χ3v) is 2.43. The van der Waals surface area contributed by atoms with Crippen LogP contribution in [-0.2, 0) is 4.79 Å². The van der Waals surface area contributed by atoms with Crippen LogP contribution in [-0.4, -0.2) is 25.6 Å². The zero-order chi connectivity index (χ0) is 14.1. The number of carbonyl (C=O) groups is 1. The van der Waals surface area contributed by atoms with E-state index in [0.717, 1.165) is 25.1 Å². The number of benzene rings is 1. The molecule has 0 aliphatic carbocycles. The first-order valence-electron chi connectivity index (χ1n) is 6.50. The Labute approximate surface area is 114 Å². The van der Waals surface area contributed by atoms with Crippen LogP contribution in [0, 0.1) is 0 Å². The highest BCUT2D eigenvalue weighted by Crippen LogP contribution is 2.23. The average Bonchev–Trinajstić information content (AvgIpc) is 2.37. The minimum absolute atomic E-state index is 0.112. The van der Waals surface area contributed by atoms with Crippen molar-refractivity contribution in [2.24, 2.45) is 0 Å². The van der Waals surface area contributed by atoms with E-state index >= 15 is 0 Å². The molecule has 0 aliphatic heterocycles. The summed E-state index contributed by atoms with van der Waals surface area (Å²) in [6.07, 6.45) is 1.10. The van der Waals surface area contributed by atoms with Gasteiger partial charge in [0.1, 0.15) is 12.4 Å². The van der Waals surface area contributed by atoms with Gasteiger partial charge in [-0.05, 0) is 30.7 Å². The molecule has 2 N–H and O–H groups in total. The fraction of sp³-hybridized carbons (Fsp3) is 0.400. The number of hydrogen-bond acceptors (Lipinski definition) is 3. The lowest BCUT2D eigenvalue weighted by Gasteiger charge is -2.13. The van der Waals surface area contributed by atoms with E-state index in [9.17, 15) is 4.79 Å². The van der Waals surface area contributed by atoms with Crippen LogP contribution in [0.4, 0.5) is 5.69 Å². The highest BCUT2D eigenvalue weighted by atomic mass is 16.5. The number of para-hydroxylation sites is 2. The summed E-state index contributed by atoms with van der Waals surface area (Å²) in [5, 5.41) is 6.01. The average molecular weight is 262 g/mol. The molecule has 0 saturated carbocycles. The third kappa shape index (κ3) is 6.06. The molecule has 0 fully saturated rings. The molecule has 104 valence electrons. The van der Waals surface area contributed by atoms with Gasteiger partial charge < -0.3 is 15.4 Å². The predicted molar refractivity (Wildman–Crippen MR) is 78.5 cm³/mol. The van der Waals surface area contributed by atoms with E-state index in [2.05, 4.69) is 24.1 Å². The Morgan fingerprint density at radius 2 is 2.11 bits per heavy atom. The minimum atomic E-state index is -0.112. The lowest BCUT2D eigenvalue weighted by Crippen LogP contribution is -2.20. The van der Waals surface area contributed by atoms with Gasteiger partial charge >= 0.3 is 0 Å². The summed E-state index contributed by atoms with van der Waals surface area (Å²) in [4.78, 5) is 11.1. The molecule has 0 radical (unpaired) electrons. The molecule has 0 aliphatic rings. The van der Waals surface area contributed by atoms with Gasteiger partial charge in [0.05, 0.1) is 5.69 Å². The highest BCUT2D eigenvalue weighted by Gasteiger charge is 2.04. The van der Waals surface area contributed by atoms with E-state index in [1.54, 1.807) is 0 Å². The van der Waals surface area contributed by atoms with Crippen LogP contribution in [0.1, 0.15) is 20.3 Å². The Morgan fingerprint density at radius 1 is 1.37 bits per heavy atom. The number of ether oxygens (including phenoxy) is 1. The maximum absolute atomic E-state index is 11.1. The zero-order valence-corrected chi connectivity index (χ0v) is 11.7. The summed E-state index contributed by atoms with van der Waals surface area (Å²) in [7, 11) is 0. The minimum Gasteiger partial charge on any atom is -0.487 e. The van der Waals surface area contributed by atoms with E-state index in [-0.39, 0.29) is 5.91 Å². The maximum Gasteiger partial charge on any atom is 0.221 e. The fourth-order valence-corrected chi connectivity index (χ4v) is 1.56. The number of hydrogen-bond donors (Lipinski definition) is 2. The molecule has 0 spiro atoms. The molecule has 1 aromatic carbocycles. The van der Waals surface area contributed by atoms with Gasteiger partial charge in [0, 0.05) is 13.5 Å². The van der Waals surface area contributed by atoms with E-state index in [1.165, 1.54) is 6.92 Å². The molecule has 1 aromatic rings. The molecule has 0 unspecified atom stereocenters.